The van der Waals surface area contributed by atoms with Crippen molar-refractivity contribution in [2.24, 2.45) is 5.10 Å². The number of aromatic nitrogens is 2. The molecule has 1 aromatic carbocycles. The Morgan fingerprint density at radius 2 is 2.00 bits per heavy atom. The highest BCUT2D eigenvalue weighted by molar-refractivity contribution is 6.31. The molecule has 0 radical (unpaired) electrons. The number of anilines is 1. The number of phenolic OH excluding ortho intramolecular Hbond substituents is 2. The van der Waals surface area contributed by atoms with Gasteiger partial charge in [0.05, 0.1) is 6.21 Å². The second kappa shape index (κ2) is 5.33. The molecule has 3 N–H and O–H groups in total. The number of hydrogen-bond acceptors (Lipinski definition) is 6. The van der Waals surface area contributed by atoms with Crippen LogP contribution in [0.4, 0.5) is 5.82 Å². The lowest BCUT2D eigenvalue weighted by Gasteiger charge is -2.01. The topological polar surface area (TPSA) is 90.6 Å². The Kier molecular flexibility index (Phi) is 3.59. The molecule has 0 aliphatic carbocycles. The number of rotatable bonds is 3. The van der Waals surface area contributed by atoms with Gasteiger partial charge in [-0.05, 0) is 12.1 Å². The number of hydrogen-bond donors (Lipinski definition) is 3. The highest BCUT2D eigenvalue weighted by Gasteiger charge is 2.01. The fraction of sp³-hybridized carbons (Fsp3) is 0. The first-order valence-corrected chi connectivity index (χ1v) is 5.32. The first kappa shape index (κ1) is 12.1. The summed E-state index contributed by atoms with van der Waals surface area (Å²) in [6, 6.07) is 4.18. The molecule has 0 amide bonds. The average Bonchev–Trinajstić information content (AvgIpc) is 2.34. The Bertz CT molecular complexity index is 589. The molecule has 0 saturated carbocycles. The van der Waals surface area contributed by atoms with Crippen molar-refractivity contribution < 1.29 is 10.2 Å². The molecule has 0 spiro atoms. The van der Waals surface area contributed by atoms with Crippen LogP contribution in [0, 0.1) is 0 Å². The molecule has 0 aliphatic heterocycles. The molecule has 0 saturated heterocycles. The van der Waals surface area contributed by atoms with Crippen molar-refractivity contribution in [3.05, 3.63) is 41.3 Å². The Labute approximate surface area is 108 Å². The third-order valence-corrected chi connectivity index (χ3v) is 2.32. The van der Waals surface area contributed by atoms with Gasteiger partial charge in [0.15, 0.2) is 11.0 Å². The molecule has 6 nitrogen and oxygen atoms in total. The molecule has 0 aliphatic rings. The molecule has 0 fully saturated rings. The van der Waals surface area contributed by atoms with Crippen LogP contribution < -0.4 is 5.43 Å². The Morgan fingerprint density at radius 3 is 2.72 bits per heavy atom. The molecule has 92 valence electrons. The monoisotopic (exact) mass is 264 g/mol. The van der Waals surface area contributed by atoms with Gasteiger partial charge in [-0.15, -0.1) is 0 Å². The Balaban J connectivity index is 2.10. The second-order valence-electron chi connectivity index (χ2n) is 3.31. The maximum Gasteiger partial charge on any atom is 0.184 e. The van der Waals surface area contributed by atoms with Crippen LogP contribution in [0.2, 0.25) is 5.15 Å². The van der Waals surface area contributed by atoms with Gasteiger partial charge in [0.1, 0.15) is 11.5 Å². The van der Waals surface area contributed by atoms with E-state index in [-0.39, 0.29) is 16.7 Å². The van der Waals surface area contributed by atoms with Crippen LogP contribution in [-0.4, -0.2) is 26.4 Å². The van der Waals surface area contributed by atoms with Gasteiger partial charge in [-0.2, -0.15) is 5.10 Å². The Hall–Kier alpha value is -2.34. The van der Waals surface area contributed by atoms with Crippen LogP contribution in [0.15, 0.2) is 35.7 Å². The second-order valence-corrected chi connectivity index (χ2v) is 3.67. The van der Waals surface area contributed by atoms with Crippen molar-refractivity contribution in [1.82, 2.24) is 9.97 Å². The fourth-order valence-corrected chi connectivity index (χ4v) is 1.35. The van der Waals surface area contributed by atoms with Crippen molar-refractivity contribution in [2.45, 2.75) is 0 Å². The highest BCUT2D eigenvalue weighted by Crippen LogP contribution is 2.21. The van der Waals surface area contributed by atoms with Crippen molar-refractivity contribution >= 4 is 23.6 Å². The van der Waals surface area contributed by atoms with Gasteiger partial charge < -0.3 is 10.2 Å². The molecule has 1 heterocycles. The number of halogens is 1. The quantitative estimate of drug-likeness (QED) is 0.582. The zero-order valence-electron chi connectivity index (χ0n) is 9.08. The summed E-state index contributed by atoms with van der Waals surface area (Å²) >= 11 is 5.77. The number of phenols is 2. The van der Waals surface area contributed by atoms with E-state index in [4.69, 9.17) is 16.7 Å². The third-order valence-electron chi connectivity index (χ3n) is 2.04. The van der Waals surface area contributed by atoms with E-state index in [1.807, 2.05) is 0 Å². The molecule has 2 rings (SSSR count). The molecule has 1 aromatic heterocycles. The van der Waals surface area contributed by atoms with Gasteiger partial charge in [0, 0.05) is 24.0 Å². The van der Waals surface area contributed by atoms with E-state index in [0.717, 1.165) is 0 Å². The number of benzene rings is 1. The first-order valence-electron chi connectivity index (χ1n) is 4.94. The van der Waals surface area contributed by atoms with Gasteiger partial charge in [-0.1, -0.05) is 11.6 Å². The molecule has 0 atom stereocenters. The summed E-state index contributed by atoms with van der Waals surface area (Å²) in [6.45, 7) is 0. The number of nitrogens with zero attached hydrogens (tertiary/aromatic N) is 3. The average molecular weight is 265 g/mol. The largest absolute Gasteiger partial charge is 0.508 e. The van der Waals surface area contributed by atoms with Crippen LogP contribution >= 0.6 is 11.6 Å². The molecule has 7 heteroatoms. The van der Waals surface area contributed by atoms with Crippen molar-refractivity contribution in [2.75, 3.05) is 5.43 Å². The maximum absolute atomic E-state index is 9.51. The molecule has 2 aromatic rings. The summed E-state index contributed by atoms with van der Waals surface area (Å²) in [4.78, 5) is 7.74. The van der Waals surface area contributed by atoms with Gasteiger partial charge in [0.2, 0.25) is 0 Å². The maximum atomic E-state index is 9.51. The lowest BCUT2D eigenvalue weighted by Crippen LogP contribution is -1.95. The minimum atomic E-state index is -0.0780. The lowest BCUT2D eigenvalue weighted by atomic mass is 10.2. The van der Waals surface area contributed by atoms with Crippen LogP contribution in [0.1, 0.15) is 5.56 Å². The smallest absolute Gasteiger partial charge is 0.184 e. The summed E-state index contributed by atoms with van der Waals surface area (Å²) in [5, 5.41) is 22.7. The van der Waals surface area contributed by atoms with Gasteiger partial charge in [0.25, 0.3) is 0 Å². The fourth-order valence-electron chi connectivity index (χ4n) is 1.20. The van der Waals surface area contributed by atoms with E-state index in [0.29, 0.717) is 11.4 Å². The lowest BCUT2D eigenvalue weighted by molar-refractivity contribution is 0.450. The van der Waals surface area contributed by atoms with Crippen LogP contribution in [0.5, 0.6) is 11.5 Å². The Morgan fingerprint density at radius 1 is 1.22 bits per heavy atom. The number of aromatic hydroxyl groups is 2. The normalized spacial score (nSPS) is 10.7. The van der Waals surface area contributed by atoms with E-state index in [9.17, 15) is 5.11 Å². The molecular weight excluding hydrogens is 256 g/mol. The van der Waals surface area contributed by atoms with Crippen LogP contribution in [-0.2, 0) is 0 Å². The standard InChI is InChI=1S/C11H9ClN4O2/c12-10-11(14-4-3-13-10)16-15-6-7-1-2-8(17)5-9(7)18/h1-6,17-18H,(H,14,16). The number of hydrazone groups is 1. The number of nitrogens with one attached hydrogen (secondary N) is 1. The van der Waals surface area contributed by atoms with E-state index in [2.05, 4.69) is 20.5 Å². The minimum Gasteiger partial charge on any atom is -0.508 e. The van der Waals surface area contributed by atoms with Crippen LogP contribution in [0.3, 0.4) is 0 Å². The van der Waals surface area contributed by atoms with Crippen molar-refractivity contribution in [3.8, 4) is 11.5 Å². The molecule has 18 heavy (non-hydrogen) atoms. The first-order chi connectivity index (χ1) is 8.66. The summed E-state index contributed by atoms with van der Waals surface area (Å²) < 4.78 is 0. The van der Waals surface area contributed by atoms with Gasteiger partial charge in [-0.3, -0.25) is 5.43 Å². The molecule has 0 bridgehead atoms. The predicted molar refractivity (Wildman–Crippen MR) is 68.0 cm³/mol. The highest BCUT2D eigenvalue weighted by atomic mass is 35.5. The SMILES string of the molecule is Oc1ccc(C=NNc2nccnc2Cl)c(O)c1. The van der Waals surface area contributed by atoms with Gasteiger partial charge in [-0.25, -0.2) is 9.97 Å². The summed E-state index contributed by atoms with van der Waals surface area (Å²) in [5.74, 6) is 0.217. The molecular formula is C11H9ClN4O2. The third kappa shape index (κ3) is 2.86. The van der Waals surface area contributed by atoms with Crippen molar-refractivity contribution in [3.63, 3.8) is 0 Å². The van der Waals surface area contributed by atoms with E-state index in [1.54, 1.807) is 0 Å². The summed E-state index contributed by atoms with van der Waals surface area (Å²) in [7, 11) is 0. The van der Waals surface area contributed by atoms with Gasteiger partial charge >= 0.3 is 0 Å². The van der Waals surface area contributed by atoms with E-state index in [1.165, 1.54) is 36.8 Å². The minimum absolute atomic E-state index is 0.0189. The van der Waals surface area contributed by atoms with Crippen molar-refractivity contribution in [1.29, 1.82) is 0 Å². The van der Waals surface area contributed by atoms with Crippen LogP contribution in [0.25, 0.3) is 0 Å². The summed E-state index contributed by atoms with van der Waals surface area (Å²) in [5.41, 5.74) is 3.04. The van der Waals surface area contributed by atoms with E-state index < -0.39 is 0 Å². The zero-order chi connectivity index (χ0) is 13.0. The predicted octanol–water partition coefficient (Wildman–Crippen LogP) is 1.99. The van der Waals surface area contributed by atoms with E-state index >= 15 is 0 Å². The summed E-state index contributed by atoms with van der Waals surface area (Å²) in [6.07, 6.45) is 4.31. The zero-order valence-corrected chi connectivity index (χ0v) is 9.83. The molecule has 0 unspecified atom stereocenters.